The Morgan fingerprint density at radius 3 is 2.62 bits per heavy atom. The first-order chi connectivity index (χ1) is 17.9. The molecule has 37 heavy (non-hydrogen) atoms. The average molecular weight is 550 g/mol. The van der Waals surface area contributed by atoms with Crippen LogP contribution in [-0.2, 0) is 10.0 Å². The van der Waals surface area contributed by atoms with Crippen LogP contribution in [0.3, 0.4) is 0 Å². The number of anilines is 2. The van der Waals surface area contributed by atoms with Gasteiger partial charge in [0.1, 0.15) is 4.83 Å². The van der Waals surface area contributed by atoms with Gasteiger partial charge in [-0.05, 0) is 61.7 Å². The summed E-state index contributed by atoms with van der Waals surface area (Å²) in [6, 6.07) is 16.5. The maximum atomic E-state index is 13.4. The van der Waals surface area contributed by atoms with E-state index in [4.69, 9.17) is 16.6 Å². The molecule has 1 aliphatic rings. The van der Waals surface area contributed by atoms with E-state index in [2.05, 4.69) is 44.1 Å². The van der Waals surface area contributed by atoms with Gasteiger partial charge >= 0.3 is 0 Å². The molecule has 0 atom stereocenters. The Bertz CT molecular complexity index is 1710. The number of pyridine rings is 1. The first kappa shape index (κ1) is 24.0. The second kappa shape index (κ2) is 9.48. The lowest BCUT2D eigenvalue weighted by Gasteiger charge is -2.19. The quantitative estimate of drug-likeness (QED) is 0.245. The Labute approximate surface area is 224 Å². The van der Waals surface area contributed by atoms with E-state index in [-0.39, 0.29) is 4.90 Å². The van der Waals surface area contributed by atoms with Crippen LogP contribution in [0.2, 0.25) is 5.02 Å². The van der Waals surface area contributed by atoms with Crippen LogP contribution in [0.25, 0.3) is 31.8 Å². The Kier molecular flexibility index (Phi) is 6.14. The zero-order valence-corrected chi connectivity index (χ0v) is 22.4. The lowest BCUT2D eigenvalue weighted by Crippen LogP contribution is -2.17. The summed E-state index contributed by atoms with van der Waals surface area (Å²) in [5.74, 6) is 0. The number of rotatable bonds is 6. The first-order valence-electron chi connectivity index (χ1n) is 12.0. The van der Waals surface area contributed by atoms with E-state index >= 15 is 0 Å². The average Bonchev–Trinajstić information content (AvgIpc) is 3.65. The van der Waals surface area contributed by atoms with Crippen molar-refractivity contribution in [2.24, 2.45) is 0 Å². The molecule has 188 valence electrons. The van der Waals surface area contributed by atoms with Gasteiger partial charge in [-0.15, -0.1) is 11.3 Å². The normalized spacial score (nSPS) is 13.9. The van der Waals surface area contributed by atoms with Crippen molar-refractivity contribution in [2.75, 3.05) is 22.7 Å². The lowest BCUT2D eigenvalue weighted by molar-refractivity contribution is 0.601. The fourth-order valence-electron chi connectivity index (χ4n) is 4.83. The number of benzene rings is 2. The molecule has 2 N–H and O–H groups in total. The maximum Gasteiger partial charge on any atom is 0.261 e. The van der Waals surface area contributed by atoms with E-state index in [1.807, 2.05) is 13.1 Å². The number of aryl methyl sites for hydroxylation is 1. The summed E-state index contributed by atoms with van der Waals surface area (Å²) >= 11 is 7.62. The van der Waals surface area contributed by atoms with Gasteiger partial charge in [0.05, 0.1) is 16.8 Å². The number of nitrogens with zero attached hydrogens (tertiary/aromatic N) is 3. The fourth-order valence-corrected chi connectivity index (χ4v) is 7.44. The Balaban J connectivity index is 1.57. The van der Waals surface area contributed by atoms with Crippen LogP contribution in [0.4, 0.5) is 11.4 Å². The number of aromatic amines is 1. The smallest absolute Gasteiger partial charge is 0.261 e. The van der Waals surface area contributed by atoms with E-state index in [1.54, 1.807) is 24.4 Å². The van der Waals surface area contributed by atoms with Crippen LogP contribution in [0.1, 0.15) is 18.5 Å². The standard InChI is InChI=1S/C27H24ClN5O2S2/c1-17-12-23(32-37(34,35)22-9-5-7-20(28)14-22)25-24(26(36-27(25)31-17)19-15-29-30-16-19)18-6-4-8-21(13-18)33-10-2-3-11-33/h4-9,12-16H,2-3,10-11H2,1H3,(H,29,30)(H,31,32). The first-order valence-corrected chi connectivity index (χ1v) is 14.6. The van der Waals surface area contributed by atoms with Crippen molar-refractivity contribution in [1.82, 2.24) is 15.2 Å². The molecule has 0 bridgehead atoms. The highest BCUT2D eigenvalue weighted by Gasteiger charge is 2.24. The number of hydrogen-bond donors (Lipinski definition) is 2. The van der Waals surface area contributed by atoms with Crippen LogP contribution in [0.5, 0.6) is 0 Å². The lowest BCUT2D eigenvalue weighted by atomic mass is 9.99. The molecule has 1 aliphatic heterocycles. The van der Waals surface area contributed by atoms with Crippen molar-refractivity contribution in [1.29, 1.82) is 0 Å². The number of halogens is 1. The van der Waals surface area contributed by atoms with E-state index in [1.165, 1.54) is 36.3 Å². The van der Waals surface area contributed by atoms with Gasteiger partial charge in [0.15, 0.2) is 0 Å². The Morgan fingerprint density at radius 1 is 1.05 bits per heavy atom. The molecule has 1 saturated heterocycles. The molecule has 0 unspecified atom stereocenters. The summed E-state index contributed by atoms with van der Waals surface area (Å²) in [5, 5.41) is 8.18. The van der Waals surface area contributed by atoms with Gasteiger partial charge in [0.2, 0.25) is 0 Å². The molecule has 3 aromatic heterocycles. The Morgan fingerprint density at radius 2 is 1.86 bits per heavy atom. The molecule has 0 radical (unpaired) electrons. The minimum atomic E-state index is -3.89. The van der Waals surface area contributed by atoms with Crippen molar-refractivity contribution in [3.05, 3.63) is 77.7 Å². The summed E-state index contributed by atoms with van der Waals surface area (Å²) in [5.41, 5.74) is 5.21. The number of hydrogen-bond acceptors (Lipinski definition) is 6. The van der Waals surface area contributed by atoms with Gasteiger partial charge in [-0.25, -0.2) is 13.4 Å². The van der Waals surface area contributed by atoms with Crippen molar-refractivity contribution in [2.45, 2.75) is 24.7 Å². The van der Waals surface area contributed by atoms with Crippen LogP contribution in [0.15, 0.2) is 71.9 Å². The topological polar surface area (TPSA) is 91.0 Å². The maximum absolute atomic E-state index is 13.4. The summed E-state index contributed by atoms with van der Waals surface area (Å²) in [6.07, 6.45) is 6.00. The molecule has 7 nitrogen and oxygen atoms in total. The predicted octanol–water partition coefficient (Wildman–Crippen LogP) is 6.72. The summed E-state index contributed by atoms with van der Waals surface area (Å²) in [7, 11) is -3.89. The second-order valence-electron chi connectivity index (χ2n) is 9.09. The van der Waals surface area contributed by atoms with Gasteiger partial charge in [0, 0.05) is 57.1 Å². The van der Waals surface area contributed by atoms with Crippen LogP contribution in [-0.4, -0.2) is 36.7 Å². The SMILES string of the molecule is Cc1cc(NS(=O)(=O)c2cccc(Cl)c2)c2c(-c3cccc(N4CCCC4)c3)c(-c3cn[nH]c3)sc2n1. The number of fused-ring (bicyclic) bond motifs is 1. The third-order valence-electron chi connectivity index (χ3n) is 6.51. The number of nitrogens with one attached hydrogen (secondary N) is 2. The third-order valence-corrected chi connectivity index (χ3v) is 9.24. The monoisotopic (exact) mass is 549 g/mol. The van der Waals surface area contributed by atoms with E-state index in [0.717, 1.165) is 50.6 Å². The molecule has 2 aromatic carbocycles. The van der Waals surface area contributed by atoms with Gasteiger partial charge in [0.25, 0.3) is 10.0 Å². The molecule has 0 spiro atoms. The highest BCUT2D eigenvalue weighted by molar-refractivity contribution is 7.92. The largest absolute Gasteiger partial charge is 0.372 e. The highest BCUT2D eigenvalue weighted by atomic mass is 35.5. The summed E-state index contributed by atoms with van der Waals surface area (Å²) in [6.45, 7) is 3.93. The molecular weight excluding hydrogens is 526 g/mol. The number of aromatic nitrogens is 3. The van der Waals surface area contributed by atoms with E-state index in [0.29, 0.717) is 16.4 Å². The molecule has 10 heteroatoms. The minimum absolute atomic E-state index is 0.102. The zero-order chi connectivity index (χ0) is 25.6. The zero-order valence-electron chi connectivity index (χ0n) is 20.0. The Hall–Kier alpha value is -3.40. The van der Waals surface area contributed by atoms with Crippen LogP contribution < -0.4 is 9.62 Å². The van der Waals surface area contributed by atoms with E-state index in [9.17, 15) is 8.42 Å². The number of H-pyrrole nitrogens is 1. The van der Waals surface area contributed by atoms with Crippen molar-refractivity contribution < 1.29 is 8.42 Å². The van der Waals surface area contributed by atoms with Crippen molar-refractivity contribution in [3.8, 4) is 21.6 Å². The van der Waals surface area contributed by atoms with Crippen molar-refractivity contribution >= 4 is 54.6 Å². The van der Waals surface area contributed by atoms with Crippen LogP contribution >= 0.6 is 22.9 Å². The molecule has 5 aromatic rings. The van der Waals surface area contributed by atoms with Gasteiger partial charge < -0.3 is 4.90 Å². The van der Waals surface area contributed by atoms with Gasteiger partial charge in [-0.2, -0.15) is 5.10 Å². The minimum Gasteiger partial charge on any atom is -0.372 e. The fraction of sp³-hybridized carbons (Fsp3) is 0.185. The third kappa shape index (κ3) is 4.58. The van der Waals surface area contributed by atoms with Crippen LogP contribution in [0, 0.1) is 6.92 Å². The summed E-state index contributed by atoms with van der Waals surface area (Å²) in [4.78, 5) is 9.01. The molecule has 6 rings (SSSR count). The predicted molar refractivity (Wildman–Crippen MR) is 151 cm³/mol. The second-order valence-corrected chi connectivity index (χ2v) is 12.2. The number of sulfonamides is 1. The van der Waals surface area contributed by atoms with Crippen molar-refractivity contribution in [3.63, 3.8) is 0 Å². The molecule has 4 heterocycles. The number of thiophene rings is 1. The van der Waals surface area contributed by atoms with Gasteiger partial charge in [-0.3, -0.25) is 9.82 Å². The molecular formula is C27H24ClN5O2S2. The summed E-state index contributed by atoms with van der Waals surface area (Å²) < 4.78 is 29.7. The molecule has 0 amide bonds. The highest BCUT2D eigenvalue weighted by Crippen LogP contribution is 2.47. The molecule has 0 saturated carbocycles. The van der Waals surface area contributed by atoms with E-state index < -0.39 is 10.0 Å². The molecule has 0 aliphatic carbocycles. The molecule has 1 fully saturated rings. The van der Waals surface area contributed by atoms with Gasteiger partial charge in [-0.1, -0.05) is 29.8 Å².